The van der Waals surface area contributed by atoms with Gasteiger partial charge in [-0.3, -0.25) is 0 Å². The van der Waals surface area contributed by atoms with Crippen LogP contribution in [0, 0.1) is 0 Å². The molecule has 1 rings (SSSR count). The highest BCUT2D eigenvalue weighted by atomic mass is 35.5. The van der Waals surface area contributed by atoms with E-state index < -0.39 is 23.8 Å². The average Bonchev–Trinajstić information content (AvgIpc) is 2.15. The van der Waals surface area contributed by atoms with E-state index in [-0.39, 0.29) is 5.02 Å². The summed E-state index contributed by atoms with van der Waals surface area (Å²) in [5, 5.41) is 8.66. The minimum absolute atomic E-state index is 0.348. The molecule has 1 aromatic carbocycles. The Kier molecular flexibility index (Phi) is 3.44. The lowest BCUT2D eigenvalue weighted by Gasteiger charge is -2.25. The number of benzene rings is 1. The van der Waals surface area contributed by atoms with Crippen molar-refractivity contribution in [2.24, 2.45) is 0 Å². The number of aliphatic hydroxyl groups excluding tert-OH is 1. The fraction of sp³-hybridized carbons (Fsp3) is 0.333. The lowest BCUT2D eigenvalue weighted by atomic mass is 10.0. The van der Waals surface area contributed by atoms with E-state index in [2.05, 4.69) is 0 Å². The summed E-state index contributed by atoms with van der Waals surface area (Å²) in [6.45, 7) is 0. The van der Waals surface area contributed by atoms with Gasteiger partial charge in [0.2, 0.25) is 0 Å². The summed E-state index contributed by atoms with van der Waals surface area (Å²) in [6.07, 6.45) is -8.84. The van der Waals surface area contributed by atoms with Gasteiger partial charge >= 0.3 is 12.1 Å². The van der Waals surface area contributed by atoms with Crippen molar-refractivity contribution < 1.29 is 27.1 Å². The van der Waals surface area contributed by atoms with Gasteiger partial charge in [0.25, 0.3) is 0 Å². The predicted molar refractivity (Wildman–Crippen MR) is 47.4 cm³/mol. The largest absolute Gasteiger partial charge is 0.456 e. The van der Waals surface area contributed by atoms with Crippen LogP contribution >= 0.6 is 11.6 Å². The van der Waals surface area contributed by atoms with Crippen molar-refractivity contribution in [3.63, 3.8) is 0 Å². The Bertz CT molecular complexity index is 376. The molecule has 90 valence electrons. The maximum absolute atomic E-state index is 12.8. The van der Waals surface area contributed by atoms with Crippen molar-refractivity contribution in [2.75, 3.05) is 0 Å². The second-order valence-electron chi connectivity index (χ2n) is 3.04. The Morgan fingerprint density at radius 2 is 1.56 bits per heavy atom. The predicted octanol–water partition coefficient (Wildman–Crippen LogP) is 3.57. The van der Waals surface area contributed by atoms with Gasteiger partial charge < -0.3 is 5.11 Å². The lowest BCUT2D eigenvalue weighted by Crippen LogP contribution is -2.42. The van der Waals surface area contributed by atoms with Crippen molar-refractivity contribution in [3.8, 4) is 0 Å². The molecule has 0 fully saturated rings. The molecule has 0 aromatic heterocycles. The third-order valence-corrected chi connectivity index (χ3v) is 2.27. The molecule has 0 spiro atoms. The van der Waals surface area contributed by atoms with E-state index in [9.17, 15) is 22.0 Å². The van der Waals surface area contributed by atoms with Crippen LogP contribution in [-0.4, -0.2) is 17.2 Å². The Morgan fingerprint density at radius 3 is 2.00 bits per heavy atom. The highest BCUT2D eigenvalue weighted by molar-refractivity contribution is 6.31. The molecule has 16 heavy (non-hydrogen) atoms. The summed E-state index contributed by atoms with van der Waals surface area (Å²) in [5.41, 5.74) is -0.661. The molecular weight excluding hydrogens is 255 g/mol. The number of halogens is 6. The van der Waals surface area contributed by atoms with Gasteiger partial charge in [-0.15, -0.1) is 0 Å². The SMILES string of the molecule is OC(c1ccccc1Cl)C(F)(F)C(F)(F)F. The molecule has 1 N–H and O–H groups in total. The molecule has 1 atom stereocenters. The number of hydrogen-bond donors (Lipinski definition) is 1. The third-order valence-electron chi connectivity index (χ3n) is 1.92. The van der Waals surface area contributed by atoms with Crippen LogP contribution in [-0.2, 0) is 0 Å². The zero-order valence-electron chi connectivity index (χ0n) is 7.60. The van der Waals surface area contributed by atoms with Crippen molar-refractivity contribution in [2.45, 2.75) is 18.2 Å². The molecule has 0 amide bonds. The van der Waals surface area contributed by atoms with Gasteiger partial charge in [-0.1, -0.05) is 29.8 Å². The number of alkyl halides is 5. The minimum Gasteiger partial charge on any atom is -0.382 e. The van der Waals surface area contributed by atoms with Gasteiger partial charge in [0, 0.05) is 10.6 Å². The monoisotopic (exact) mass is 260 g/mol. The van der Waals surface area contributed by atoms with Crippen molar-refractivity contribution in [3.05, 3.63) is 34.9 Å². The number of aliphatic hydroxyl groups is 1. The first-order valence-corrected chi connectivity index (χ1v) is 4.42. The Morgan fingerprint density at radius 1 is 1.06 bits per heavy atom. The Hall–Kier alpha value is -0.880. The van der Waals surface area contributed by atoms with Crippen LogP contribution in [0.15, 0.2) is 24.3 Å². The van der Waals surface area contributed by atoms with Crippen LogP contribution in [0.4, 0.5) is 22.0 Å². The van der Waals surface area contributed by atoms with E-state index >= 15 is 0 Å². The van der Waals surface area contributed by atoms with Crippen LogP contribution in [0.2, 0.25) is 5.02 Å². The van der Waals surface area contributed by atoms with Crippen LogP contribution < -0.4 is 0 Å². The maximum atomic E-state index is 12.8. The highest BCUT2D eigenvalue weighted by Crippen LogP contribution is 2.45. The quantitative estimate of drug-likeness (QED) is 0.806. The van der Waals surface area contributed by atoms with Gasteiger partial charge in [-0.05, 0) is 6.07 Å². The maximum Gasteiger partial charge on any atom is 0.456 e. The molecule has 0 heterocycles. The zero-order chi connectivity index (χ0) is 12.6. The molecule has 0 radical (unpaired) electrons. The molecule has 1 unspecified atom stereocenters. The first kappa shape index (κ1) is 13.2. The second kappa shape index (κ2) is 4.18. The van der Waals surface area contributed by atoms with Crippen LogP contribution in [0.5, 0.6) is 0 Å². The summed E-state index contributed by atoms with van der Waals surface area (Å²) in [4.78, 5) is 0. The number of rotatable bonds is 2. The fourth-order valence-corrected chi connectivity index (χ4v) is 1.29. The molecule has 0 aliphatic heterocycles. The highest BCUT2D eigenvalue weighted by Gasteiger charge is 2.62. The molecule has 0 aliphatic carbocycles. The smallest absolute Gasteiger partial charge is 0.382 e. The van der Waals surface area contributed by atoms with E-state index in [1.165, 1.54) is 12.1 Å². The van der Waals surface area contributed by atoms with Crippen molar-refractivity contribution >= 4 is 11.6 Å². The molecule has 1 nitrogen and oxygen atoms in total. The molecule has 7 heteroatoms. The van der Waals surface area contributed by atoms with Crippen LogP contribution in [0.3, 0.4) is 0 Å². The lowest BCUT2D eigenvalue weighted by molar-refractivity contribution is -0.315. The zero-order valence-corrected chi connectivity index (χ0v) is 8.36. The fourth-order valence-electron chi connectivity index (χ4n) is 1.05. The van der Waals surface area contributed by atoms with Gasteiger partial charge in [0.15, 0.2) is 6.10 Å². The van der Waals surface area contributed by atoms with E-state index in [0.29, 0.717) is 0 Å². The molecule has 0 bridgehead atoms. The van der Waals surface area contributed by atoms with Gasteiger partial charge in [-0.2, -0.15) is 22.0 Å². The molecule has 0 saturated heterocycles. The Balaban J connectivity index is 3.12. The molecular formula is C9H6ClF5O. The van der Waals surface area contributed by atoms with Gasteiger partial charge in [-0.25, -0.2) is 0 Å². The van der Waals surface area contributed by atoms with E-state index in [4.69, 9.17) is 16.7 Å². The average molecular weight is 261 g/mol. The summed E-state index contributed by atoms with van der Waals surface area (Å²) in [6, 6.07) is 4.58. The molecule has 1 aromatic rings. The minimum atomic E-state index is -5.83. The first-order chi connectivity index (χ1) is 7.18. The standard InChI is InChI=1S/C9H6ClF5O/c10-6-4-2-1-3-5(6)7(16)8(11,12)9(13,14)15/h1-4,7,16H. The van der Waals surface area contributed by atoms with Crippen molar-refractivity contribution in [1.82, 2.24) is 0 Å². The number of hydrogen-bond acceptors (Lipinski definition) is 1. The van der Waals surface area contributed by atoms with E-state index in [1.807, 2.05) is 0 Å². The van der Waals surface area contributed by atoms with Crippen molar-refractivity contribution in [1.29, 1.82) is 0 Å². The third kappa shape index (κ3) is 2.27. The second-order valence-corrected chi connectivity index (χ2v) is 3.45. The Labute approximate surface area is 92.5 Å². The summed E-state index contributed by atoms with van der Waals surface area (Å²) >= 11 is 5.41. The topological polar surface area (TPSA) is 20.2 Å². The molecule has 0 saturated carbocycles. The summed E-state index contributed by atoms with van der Waals surface area (Å²) < 4.78 is 61.4. The van der Waals surface area contributed by atoms with E-state index in [0.717, 1.165) is 12.1 Å². The normalized spacial score (nSPS) is 14.9. The summed E-state index contributed by atoms with van der Waals surface area (Å²) in [5.74, 6) is -5.24. The first-order valence-electron chi connectivity index (χ1n) is 4.05. The summed E-state index contributed by atoms with van der Waals surface area (Å²) in [7, 11) is 0. The van der Waals surface area contributed by atoms with E-state index in [1.54, 1.807) is 0 Å². The van der Waals surface area contributed by atoms with Gasteiger partial charge in [0.1, 0.15) is 0 Å². The van der Waals surface area contributed by atoms with Gasteiger partial charge in [0.05, 0.1) is 0 Å². The molecule has 0 aliphatic rings. The van der Waals surface area contributed by atoms with Crippen LogP contribution in [0.1, 0.15) is 11.7 Å². The van der Waals surface area contributed by atoms with Crippen LogP contribution in [0.25, 0.3) is 0 Å².